The van der Waals surface area contributed by atoms with E-state index in [4.69, 9.17) is 14.2 Å². The van der Waals surface area contributed by atoms with Crippen molar-refractivity contribution in [3.8, 4) is 5.75 Å². The number of ether oxygens (including phenoxy) is 3. The summed E-state index contributed by atoms with van der Waals surface area (Å²) in [5.41, 5.74) is 0.931. The van der Waals surface area contributed by atoms with Crippen LogP contribution in [0.3, 0.4) is 0 Å². The van der Waals surface area contributed by atoms with E-state index in [1.165, 1.54) is 0 Å². The van der Waals surface area contributed by atoms with Crippen LogP contribution in [-0.2, 0) is 14.3 Å². The highest BCUT2D eigenvalue weighted by atomic mass is 16.5. The molecule has 0 aromatic heterocycles. The average Bonchev–Trinajstić information content (AvgIpc) is 3.11. The Balaban J connectivity index is 1.45. The van der Waals surface area contributed by atoms with Gasteiger partial charge in [0.2, 0.25) is 5.91 Å². The number of carbonyl (C=O) groups excluding carboxylic acids is 1. The molecule has 1 amide bonds. The summed E-state index contributed by atoms with van der Waals surface area (Å²) in [7, 11) is 1.74. The molecule has 6 nitrogen and oxygen atoms in total. The van der Waals surface area contributed by atoms with Crippen molar-refractivity contribution >= 4 is 11.6 Å². The SMILES string of the molecule is COC[C@@]12COC[C@@H]1CN(CC(=O)N1CCOc3ccccc31)C2. The Morgan fingerprint density at radius 1 is 1.42 bits per heavy atom. The minimum Gasteiger partial charge on any atom is -0.490 e. The predicted octanol–water partition coefficient (Wildman–Crippen LogP) is 1.01. The second-order valence-electron chi connectivity index (χ2n) is 7.04. The fraction of sp³-hybridized carbons (Fsp3) is 0.611. The van der Waals surface area contributed by atoms with Crippen molar-refractivity contribution in [1.29, 1.82) is 0 Å². The Hall–Kier alpha value is -1.63. The van der Waals surface area contributed by atoms with Crippen LogP contribution in [0.5, 0.6) is 5.75 Å². The average molecular weight is 332 g/mol. The first-order valence-corrected chi connectivity index (χ1v) is 8.53. The zero-order chi connectivity index (χ0) is 16.6. The number of amides is 1. The number of hydrogen-bond donors (Lipinski definition) is 0. The van der Waals surface area contributed by atoms with Gasteiger partial charge in [-0.25, -0.2) is 0 Å². The number of likely N-dealkylation sites (tertiary alicyclic amines) is 1. The molecule has 0 radical (unpaired) electrons. The van der Waals surface area contributed by atoms with E-state index in [9.17, 15) is 4.79 Å². The third-order valence-corrected chi connectivity index (χ3v) is 5.41. The molecule has 0 N–H and O–H groups in total. The number of fused-ring (bicyclic) bond motifs is 2. The number of anilines is 1. The van der Waals surface area contributed by atoms with Crippen LogP contribution < -0.4 is 9.64 Å². The maximum absolute atomic E-state index is 12.9. The van der Waals surface area contributed by atoms with Crippen molar-refractivity contribution < 1.29 is 19.0 Å². The lowest BCUT2D eigenvalue weighted by Gasteiger charge is -2.31. The van der Waals surface area contributed by atoms with E-state index in [2.05, 4.69) is 4.90 Å². The fourth-order valence-corrected chi connectivity index (χ4v) is 4.26. The van der Waals surface area contributed by atoms with E-state index in [0.29, 0.717) is 32.2 Å². The number of carbonyl (C=O) groups is 1. The smallest absolute Gasteiger partial charge is 0.241 e. The third-order valence-electron chi connectivity index (χ3n) is 5.41. The number of nitrogens with zero attached hydrogens (tertiary/aromatic N) is 2. The van der Waals surface area contributed by atoms with Gasteiger partial charge in [-0.1, -0.05) is 12.1 Å². The van der Waals surface area contributed by atoms with Crippen molar-refractivity contribution in [2.75, 3.05) is 64.6 Å². The van der Waals surface area contributed by atoms with E-state index in [0.717, 1.165) is 37.7 Å². The van der Waals surface area contributed by atoms with Gasteiger partial charge in [0, 0.05) is 31.5 Å². The summed E-state index contributed by atoms with van der Waals surface area (Å²) in [6.07, 6.45) is 0. The van der Waals surface area contributed by atoms with Crippen LogP contribution in [0.4, 0.5) is 5.69 Å². The number of methoxy groups -OCH3 is 1. The number of hydrogen-bond acceptors (Lipinski definition) is 5. The van der Waals surface area contributed by atoms with Crippen LogP contribution in [0.1, 0.15) is 0 Å². The van der Waals surface area contributed by atoms with Gasteiger partial charge in [-0.3, -0.25) is 9.69 Å². The maximum Gasteiger partial charge on any atom is 0.241 e. The Morgan fingerprint density at radius 2 is 2.29 bits per heavy atom. The standard InChI is InChI=1S/C18H24N2O4/c1-22-12-18-11-19(8-14(18)10-23-13-18)9-17(21)20-6-7-24-16-5-3-2-4-15(16)20/h2-5,14H,6-13H2,1H3/t14-,18-/m0/s1. The van der Waals surface area contributed by atoms with Gasteiger partial charge in [0.15, 0.2) is 0 Å². The molecule has 130 valence electrons. The van der Waals surface area contributed by atoms with Crippen molar-refractivity contribution in [1.82, 2.24) is 4.90 Å². The molecular weight excluding hydrogens is 308 g/mol. The minimum absolute atomic E-state index is 0.0535. The number of rotatable bonds is 4. The predicted molar refractivity (Wildman–Crippen MR) is 89.3 cm³/mol. The second kappa shape index (κ2) is 6.35. The first kappa shape index (κ1) is 15.9. The summed E-state index contributed by atoms with van der Waals surface area (Å²) >= 11 is 0. The highest BCUT2D eigenvalue weighted by Gasteiger charge is 2.51. The molecule has 0 spiro atoms. The molecule has 2 fully saturated rings. The lowest BCUT2D eigenvalue weighted by Crippen LogP contribution is -2.44. The normalized spacial score (nSPS) is 29.2. The summed E-state index contributed by atoms with van der Waals surface area (Å²) in [6.45, 7) is 5.57. The van der Waals surface area contributed by atoms with Crippen molar-refractivity contribution in [2.45, 2.75) is 0 Å². The molecule has 0 unspecified atom stereocenters. The molecule has 3 heterocycles. The molecule has 3 aliphatic rings. The quantitative estimate of drug-likeness (QED) is 0.824. The van der Waals surface area contributed by atoms with E-state index in [1.807, 2.05) is 29.2 Å². The van der Waals surface area contributed by atoms with Gasteiger partial charge >= 0.3 is 0 Å². The molecule has 1 aromatic rings. The van der Waals surface area contributed by atoms with E-state index < -0.39 is 0 Å². The van der Waals surface area contributed by atoms with Crippen LogP contribution in [0, 0.1) is 11.3 Å². The topological polar surface area (TPSA) is 51.2 Å². The van der Waals surface area contributed by atoms with Crippen LogP contribution in [0.2, 0.25) is 0 Å². The van der Waals surface area contributed by atoms with Crippen LogP contribution in [0.15, 0.2) is 24.3 Å². The lowest BCUT2D eigenvalue weighted by atomic mass is 9.82. The van der Waals surface area contributed by atoms with Gasteiger partial charge in [-0.2, -0.15) is 0 Å². The molecule has 6 heteroatoms. The molecule has 0 bridgehead atoms. The fourth-order valence-electron chi connectivity index (χ4n) is 4.26. The zero-order valence-corrected chi connectivity index (χ0v) is 14.1. The Bertz CT molecular complexity index is 623. The maximum atomic E-state index is 12.9. The van der Waals surface area contributed by atoms with Crippen LogP contribution in [0.25, 0.3) is 0 Å². The summed E-state index contributed by atoms with van der Waals surface area (Å²) in [6, 6.07) is 7.74. The first-order valence-electron chi connectivity index (χ1n) is 8.53. The molecule has 2 saturated heterocycles. The molecule has 3 aliphatic heterocycles. The van der Waals surface area contributed by atoms with Gasteiger partial charge in [-0.05, 0) is 12.1 Å². The third kappa shape index (κ3) is 2.68. The zero-order valence-electron chi connectivity index (χ0n) is 14.1. The van der Waals surface area contributed by atoms with Crippen LogP contribution in [-0.4, -0.2) is 70.5 Å². The summed E-state index contributed by atoms with van der Waals surface area (Å²) < 4.78 is 16.7. The van der Waals surface area contributed by atoms with E-state index in [-0.39, 0.29) is 11.3 Å². The minimum atomic E-state index is 0.0535. The monoisotopic (exact) mass is 332 g/mol. The van der Waals surface area contributed by atoms with Crippen molar-refractivity contribution in [3.05, 3.63) is 24.3 Å². The number of benzene rings is 1. The highest BCUT2D eigenvalue weighted by molar-refractivity contribution is 5.96. The second-order valence-corrected chi connectivity index (χ2v) is 7.04. The lowest BCUT2D eigenvalue weighted by molar-refractivity contribution is -0.120. The molecule has 0 aliphatic carbocycles. The van der Waals surface area contributed by atoms with E-state index >= 15 is 0 Å². The molecule has 4 rings (SSSR count). The Morgan fingerprint density at radius 3 is 3.17 bits per heavy atom. The largest absolute Gasteiger partial charge is 0.490 e. The molecular formula is C18H24N2O4. The van der Waals surface area contributed by atoms with Gasteiger partial charge in [0.1, 0.15) is 12.4 Å². The molecule has 24 heavy (non-hydrogen) atoms. The van der Waals surface area contributed by atoms with Crippen molar-refractivity contribution in [2.24, 2.45) is 11.3 Å². The van der Waals surface area contributed by atoms with Crippen molar-refractivity contribution in [3.63, 3.8) is 0 Å². The van der Waals surface area contributed by atoms with Gasteiger partial charge in [-0.15, -0.1) is 0 Å². The Kier molecular flexibility index (Phi) is 4.20. The molecule has 0 saturated carbocycles. The van der Waals surface area contributed by atoms with Crippen LogP contribution >= 0.6 is 0 Å². The van der Waals surface area contributed by atoms with E-state index in [1.54, 1.807) is 7.11 Å². The molecule has 2 atom stereocenters. The summed E-state index contributed by atoms with van der Waals surface area (Å²) in [4.78, 5) is 17.0. The van der Waals surface area contributed by atoms with Gasteiger partial charge in [0.25, 0.3) is 0 Å². The first-order chi connectivity index (χ1) is 11.7. The number of para-hydroxylation sites is 2. The summed E-state index contributed by atoms with van der Waals surface area (Å²) in [5, 5.41) is 0. The van der Waals surface area contributed by atoms with Gasteiger partial charge < -0.3 is 19.1 Å². The van der Waals surface area contributed by atoms with Gasteiger partial charge in [0.05, 0.1) is 38.6 Å². The highest BCUT2D eigenvalue weighted by Crippen LogP contribution is 2.41. The molecule has 1 aromatic carbocycles. The Labute approximate surface area is 142 Å². The summed E-state index contributed by atoms with van der Waals surface area (Å²) in [5.74, 6) is 1.39.